The van der Waals surface area contributed by atoms with Gasteiger partial charge < -0.3 is 5.32 Å². The summed E-state index contributed by atoms with van der Waals surface area (Å²) >= 11 is 3.02. The number of hydrogen-bond donors (Lipinski definition) is 2. The van der Waals surface area contributed by atoms with Gasteiger partial charge in [-0.2, -0.15) is 0 Å². The van der Waals surface area contributed by atoms with Crippen molar-refractivity contribution in [2.45, 2.75) is 50.9 Å². The van der Waals surface area contributed by atoms with E-state index in [-0.39, 0.29) is 12.1 Å². The minimum Gasteiger partial charge on any atom is -0.331 e. The molecule has 2 aromatic carbocycles. The standard InChI is InChI=1S/C25H30N4OS2/c1-17(2)8-7-9-18(3)14-15-31-25-29-28-24(32-25)27-23(30)26-19(4)21-13-12-20-10-5-6-11-22(20)16-21/h5-6,8,10-14,16,19H,7,9,15H2,1-4H3,(H2,26,27,28,30)/b18-14+. The Hall–Kier alpha value is -2.64. The first-order chi connectivity index (χ1) is 15.4. The van der Waals surface area contributed by atoms with Gasteiger partial charge in [-0.25, -0.2) is 4.79 Å². The molecule has 1 heterocycles. The predicted octanol–water partition coefficient (Wildman–Crippen LogP) is 7.36. The Morgan fingerprint density at radius 3 is 2.66 bits per heavy atom. The second-order valence-corrected chi connectivity index (χ2v) is 10.2. The van der Waals surface area contributed by atoms with Crippen LogP contribution in [0.15, 0.2) is 70.1 Å². The van der Waals surface area contributed by atoms with Crippen LogP contribution in [0.4, 0.5) is 9.93 Å². The quantitative estimate of drug-likeness (QED) is 0.196. The zero-order valence-corrected chi connectivity index (χ0v) is 20.6. The van der Waals surface area contributed by atoms with Crippen LogP contribution < -0.4 is 10.6 Å². The van der Waals surface area contributed by atoms with Crippen molar-refractivity contribution in [3.8, 4) is 0 Å². The third-order valence-corrected chi connectivity index (χ3v) is 6.88. The van der Waals surface area contributed by atoms with E-state index in [1.807, 2.05) is 25.1 Å². The van der Waals surface area contributed by atoms with Crippen molar-refractivity contribution >= 4 is 45.0 Å². The lowest BCUT2D eigenvalue weighted by Crippen LogP contribution is -2.31. The topological polar surface area (TPSA) is 66.9 Å². The van der Waals surface area contributed by atoms with Gasteiger partial charge in [-0.05, 0) is 62.9 Å². The van der Waals surface area contributed by atoms with Crippen LogP contribution in [0.25, 0.3) is 10.8 Å². The minimum absolute atomic E-state index is 0.124. The monoisotopic (exact) mass is 466 g/mol. The molecule has 7 heteroatoms. The van der Waals surface area contributed by atoms with Crippen molar-refractivity contribution in [3.63, 3.8) is 0 Å². The highest BCUT2D eigenvalue weighted by molar-refractivity contribution is 8.01. The number of nitrogens with one attached hydrogen (secondary N) is 2. The van der Waals surface area contributed by atoms with Crippen molar-refractivity contribution in [1.29, 1.82) is 0 Å². The van der Waals surface area contributed by atoms with Crippen molar-refractivity contribution < 1.29 is 4.79 Å². The summed E-state index contributed by atoms with van der Waals surface area (Å²) in [6.45, 7) is 8.38. The molecule has 2 N–H and O–H groups in total. The molecule has 0 aliphatic rings. The van der Waals surface area contributed by atoms with E-state index in [9.17, 15) is 4.79 Å². The van der Waals surface area contributed by atoms with E-state index in [1.165, 1.54) is 27.9 Å². The molecule has 0 aliphatic carbocycles. The zero-order chi connectivity index (χ0) is 22.9. The summed E-state index contributed by atoms with van der Waals surface area (Å²) in [6, 6.07) is 14.0. The van der Waals surface area contributed by atoms with Crippen molar-refractivity contribution in [2.75, 3.05) is 11.1 Å². The maximum atomic E-state index is 12.4. The molecule has 2 amide bonds. The summed E-state index contributed by atoms with van der Waals surface area (Å²) in [7, 11) is 0. The largest absolute Gasteiger partial charge is 0.331 e. The van der Waals surface area contributed by atoms with Gasteiger partial charge in [0.2, 0.25) is 5.13 Å². The van der Waals surface area contributed by atoms with Crippen LogP contribution in [0.5, 0.6) is 0 Å². The maximum absolute atomic E-state index is 12.4. The van der Waals surface area contributed by atoms with E-state index in [0.29, 0.717) is 5.13 Å². The highest BCUT2D eigenvalue weighted by atomic mass is 32.2. The number of rotatable bonds is 9. The summed E-state index contributed by atoms with van der Waals surface area (Å²) in [5.41, 5.74) is 3.79. The highest BCUT2D eigenvalue weighted by Gasteiger charge is 2.12. The van der Waals surface area contributed by atoms with Crippen LogP contribution in [-0.2, 0) is 0 Å². The SMILES string of the molecule is CC(C)=CCC/C(C)=C/CSc1nnc(NC(=O)NC(C)c2ccc3ccccc3c2)s1. The molecule has 32 heavy (non-hydrogen) atoms. The Balaban J connectivity index is 1.47. The smallest absolute Gasteiger partial charge is 0.321 e. The van der Waals surface area contributed by atoms with Gasteiger partial charge in [0, 0.05) is 5.75 Å². The first-order valence-electron chi connectivity index (χ1n) is 10.7. The first kappa shape index (κ1) is 24.0. The average molecular weight is 467 g/mol. The Bertz CT molecular complexity index is 1120. The number of anilines is 1. The van der Waals surface area contributed by atoms with E-state index in [2.05, 4.69) is 78.0 Å². The number of amides is 2. The molecule has 3 rings (SSSR count). The lowest BCUT2D eigenvalue weighted by Gasteiger charge is -2.15. The fourth-order valence-electron chi connectivity index (χ4n) is 3.15. The molecule has 0 saturated heterocycles. The number of thioether (sulfide) groups is 1. The van der Waals surface area contributed by atoms with Crippen LogP contribution in [-0.4, -0.2) is 22.0 Å². The lowest BCUT2D eigenvalue weighted by molar-refractivity contribution is 0.249. The van der Waals surface area contributed by atoms with Crippen LogP contribution in [0.1, 0.15) is 52.1 Å². The molecule has 1 unspecified atom stereocenters. The van der Waals surface area contributed by atoms with E-state index < -0.39 is 0 Å². The Labute approximate surface area is 198 Å². The van der Waals surface area contributed by atoms with Gasteiger partial charge >= 0.3 is 6.03 Å². The van der Waals surface area contributed by atoms with Gasteiger partial charge in [-0.1, -0.05) is 82.8 Å². The second kappa shape index (κ2) is 11.8. The molecule has 0 bridgehead atoms. The molecule has 1 atom stereocenters. The zero-order valence-electron chi connectivity index (χ0n) is 19.0. The number of hydrogen-bond acceptors (Lipinski definition) is 5. The van der Waals surface area contributed by atoms with E-state index in [4.69, 9.17) is 0 Å². The maximum Gasteiger partial charge on any atom is 0.321 e. The minimum atomic E-state index is -0.284. The van der Waals surface area contributed by atoms with Crippen molar-refractivity contribution in [3.05, 3.63) is 71.3 Å². The molecule has 0 radical (unpaired) electrons. The van der Waals surface area contributed by atoms with Crippen molar-refractivity contribution in [2.24, 2.45) is 0 Å². The molecular formula is C25H30N4OS2. The summed E-state index contributed by atoms with van der Waals surface area (Å²) in [4.78, 5) is 12.4. The number of carbonyl (C=O) groups is 1. The van der Waals surface area contributed by atoms with Crippen molar-refractivity contribution in [1.82, 2.24) is 15.5 Å². The number of urea groups is 1. The Morgan fingerprint density at radius 1 is 1.09 bits per heavy atom. The van der Waals surface area contributed by atoms with E-state index >= 15 is 0 Å². The number of aromatic nitrogens is 2. The van der Waals surface area contributed by atoms with Gasteiger partial charge in [0.25, 0.3) is 0 Å². The highest BCUT2D eigenvalue weighted by Crippen LogP contribution is 2.26. The van der Waals surface area contributed by atoms with Gasteiger partial charge in [-0.15, -0.1) is 10.2 Å². The third-order valence-electron chi connectivity index (χ3n) is 4.98. The van der Waals surface area contributed by atoms with Crippen LogP contribution in [0, 0.1) is 0 Å². The molecule has 0 spiro atoms. The Morgan fingerprint density at radius 2 is 1.88 bits per heavy atom. The average Bonchev–Trinajstić information content (AvgIpc) is 3.20. The van der Waals surface area contributed by atoms with Crippen LogP contribution in [0.2, 0.25) is 0 Å². The fourth-order valence-corrected chi connectivity index (χ4v) is 4.91. The number of fused-ring (bicyclic) bond motifs is 1. The molecule has 0 aliphatic heterocycles. The Kier molecular flexibility index (Phi) is 8.88. The summed E-state index contributed by atoms with van der Waals surface area (Å²) in [6.07, 6.45) is 6.65. The number of allylic oxidation sites excluding steroid dienone is 3. The van der Waals surface area contributed by atoms with Gasteiger partial charge in [-0.3, -0.25) is 5.32 Å². The molecule has 0 fully saturated rings. The van der Waals surface area contributed by atoms with Crippen LogP contribution in [0.3, 0.4) is 0 Å². The summed E-state index contributed by atoms with van der Waals surface area (Å²) in [5, 5.41) is 16.9. The molecular weight excluding hydrogens is 436 g/mol. The van der Waals surface area contributed by atoms with Gasteiger partial charge in [0.15, 0.2) is 4.34 Å². The summed E-state index contributed by atoms with van der Waals surface area (Å²) < 4.78 is 0.844. The molecule has 1 aromatic heterocycles. The van der Waals surface area contributed by atoms with E-state index in [1.54, 1.807) is 11.8 Å². The van der Waals surface area contributed by atoms with Gasteiger partial charge in [0.1, 0.15) is 0 Å². The van der Waals surface area contributed by atoms with E-state index in [0.717, 1.165) is 33.9 Å². The molecule has 0 saturated carbocycles. The number of nitrogens with zero attached hydrogens (tertiary/aromatic N) is 2. The fraction of sp³-hybridized carbons (Fsp3) is 0.320. The number of benzene rings is 2. The normalized spacial score (nSPS) is 12.4. The first-order valence-corrected chi connectivity index (χ1v) is 12.5. The summed E-state index contributed by atoms with van der Waals surface area (Å²) in [5.74, 6) is 0.848. The molecule has 168 valence electrons. The third kappa shape index (κ3) is 7.50. The second-order valence-electron chi connectivity index (χ2n) is 7.98. The molecule has 5 nitrogen and oxygen atoms in total. The predicted molar refractivity (Wildman–Crippen MR) is 138 cm³/mol. The van der Waals surface area contributed by atoms with Crippen LogP contribution >= 0.6 is 23.1 Å². The molecule has 3 aromatic rings. The number of carbonyl (C=O) groups excluding carboxylic acids is 1. The van der Waals surface area contributed by atoms with Gasteiger partial charge in [0.05, 0.1) is 6.04 Å². The lowest BCUT2D eigenvalue weighted by atomic mass is 10.0.